The van der Waals surface area contributed by atoms with E-state index in [1.807, 2.05) is 4.90 Å². The average Bonchev–Trinajstić information content (AvgIpc) is 3.45. The zero-order valence-corrected chi connectivity index (χ0v) is 17.7. The van der Waals surface area contributed by atoms with Crippen molar-refractivity contribution in [2.24, 2.45) is 5.92 Å². The number of amides is 1. The first-order chi connectivity index (χ1) is 12.8. The van der Waals surface area contributed by atoms with Crippen molar-refractivity contribution in [2.45, 2.75) is 63.3 Å². The lowest BCUT2D eigenvalue weighted by molar-refractivity contribution is 0.0722. The van der Waals surface area contributed by atoms with Crippen molar-refractivity contribution in [1.82, 2.24) is 9.21 Å². The van der Waals surface area contributed by atoms with Gasteiger partial charge in [-0.3, -0.25) is 4.79 Å². The molecular formula is C20H29ClN2O3S. The summed E-state index contributed by atoms with van der Waals surface area (Å²) in [6.07, 6.45) is 5.85. The fourth-order valence-corrected chi connectivity index (χ4v) is 5.62. The number of nitrogens with zero attached hydrogens (tertiary/aromatic N) is 2. The molecule has 7 heteroatoms. The maximum atomic E-state index is 13.1. The predicted molar refractivity (Wildman–Crippen MR) is 108 cm³/mol. The number of benzene rings is 1. The number of rotatable bonds is 6. The molecule has 2 fully saturated rings. The Morgan fingerprint density at radius 2 is 1.81 bits per heavy atom. The first-order valence-electron chi connectivity index (χ1n) is 9.91. The van der Waals surface area contributed by atoms with E-state index in [9.17, 15) is 13.2 Å². The molecule has 27 heavy (non-hydrogen) atoms. The summed E-state index contributed by atoms with van der Waals surface area (Å²) < 4.78 is 27.8. The second-order valence-electron chi connectivity index (χ2n) is 8.05. The zero-order valence-electron chi connectivity index (χ0n) is 16.2. The lowest BCUT2D eigenvalue weighted by atomic mass is 10.1. The predicted octanol–water partition coefficient (Wildman–Crippen LogP) is 4.17. The molecule has 0 aromatic heterocycles. The Hall–Kier alpha value is -1.11. The largest absolute Gasteiger partial charge is 0.335 e. The van der Waals surface area contributed by atoms with Gasteiger partial charge < -0.3 is 4.90 Å². The molecule has 5 nitrogen and oxygen atoms in total. The summed E-state index contributed by atoms with van der Waals surface area (Å²) in [5.74, 6) is 0.261. The van der Waals surface area contributed by atoms with Gasteiger partial charge in [0.2, 0.25) is 10.0 Å². The van der Waals surface area contributed by atoms with Gasteiger partial charge in [-0.25, -0.2) is 8.42 Å². The minimum atomic E-state index is -3.69. The molecule has 2 aliphatic rings. The molecule has 3 rings (SSSR count). The highest BCUT2D eigenvalue weighted by molar-refractivity contribution is 7.89. The van der Waals surface area contributed by atoms with Crippen molar-refractivity contribution in [2.75, 3.05) is 19.6 Å². The van der Waals surface area contributed by atoms with E-state index in [-0.39, 0.29) is 21.9 Å². The molecule has 1 aromatic carbocycles. The van der Waals surface area contributed by atoms with Crippen molar-refractivity contribution in [3.63, 3.8) is 0 Å². The minimum absolute atomic E-state index is 0.0530. The van der Waals surface area contributed by atoms with Crippen LogP contribution in [0.5, 0.6) is 0 Å². The van der Waals surface area contributed by atoms with E-state index in [0.717, 1.165) is 38.5 Å². The summed E-state index contributed by atoms with van der Waals surface area (Å²) in [4.78, 5) is 15.0. The maximum Gasteiger partial charge on any atom is 0.254 e. The minimum Gasteiger partial charge on any atom is -0.335 e. The first kappa shape index (κ1) is 20.6. The Labute approximate surface area is 167 Å². The van der Waals surface area contributed by atoms with Gasteiger partial charge in [-0.1, -0.05) is 38.3 Å². The van der Waals surface area contributed by atoms with Crippen LogP contribution in [0.1, 0.15) is 62.7 Å². The first-order valence-corrected chi connectivity index (χ1v) is 11.7. The van der Waals surface area contributed by atoms with Gasteiger partial charge in [0.15, 0.2) is 0 Å². The van der Waals surface area contributed by atoms with Crippen LogP contribution in [0, 0.1) is 5.92 Å². The van der Waals surface area contributed by atoms with Crippen LogP contribution >= 0.6 is 11.6 Å². The fourth-order valence-electron chi connectivity index (χ4n) is 3.60. The van der Waals surface area contributed by atoms with Gasteiger partial charge in [0.1, 0.15) is 4.90 Å². The molecule has 0 atom stereocenters. The third kappa shape index (κ3) is 4.84. The average molecular weight is 413 g/mol. The van der Waals surface area contributed by atoms with Crippen LogP contribution in [-0.4, -0.2) is 49.2 Å². The van der Waals surface area contributed by atoms with Gasteiger partial charge in [0, 0.05) is 31.2 Å². The fraction of sp³-hybridized carbons (Fsp3) is 0.650. The van der Waals surface area contributed by atoms with Crippen molar-refractivity contribution in [1.29, 1.82) is 0 Å². The quantitative estimate of drug-likeness (QED) is 0.704. The molecular weight excluding hydrogens is 384 g/mol. The molecule has 1 aliphatic carbocycles. The van der Waals surface area contributed by atoms with Gasteiger partial charge in [-0.15, -0.1) is 0 Å². The molecule has 0 spiro atoms. The molecule has 150 valence electrons. The summed E-state index contributed by atoms with van der Waals surface area (Å²) in [5.41, 5.74) is 0.403. The van der Waals surface area contributed by atoms with E-state index in [4.69, 9.17) is 11.6 Å². The SMILES string of the molecule is CC(C)CN(C(=O)c1ccc(Cl)c(S(=O)(=O)N2CCCCCC2)c1)C1CC1. The number of carbonyl (C=O) groups is 1. The van der Waals surface area contributed by atoms with Crippen molar-refractivity contribution in [3.05, 3.63) is 28.8 Å². The van der Waals surface area contributed by atoms with Crippen molar-refractivity contribution < 1.29 is 13.2 Å². The highest BCUT2D eigenvalue weighted by Gasteiger charge is 2.34. The number of carbonyl (C=O) groups excluding carboxylic acids is 1. The number of sulfonamides is 1. The van der Waals surface area contributed by atoms with Gasteiger partial charge in [-0.2, -0.15) is 4.31 Å². The number of hydrogen-bond donors (Lipinski definition) is 0. The zero-order chi connectivity index (χ0) is 19.6. The topological polar surface area (TPSA) is 57.7 Å². The van der Waals surface area contributed by atoms with Crippen LogP contribution in [0.2, 0.25) is 5.02 Å². The highest BCUT2D eigenvalue weighted by atomic mass is 35.5. The standard InChI is InChI=1S/C20H29ClN2O3S/c1-15(2)14-23(17-8-9-17)20(24)16-7-10-18(21)19(13-16)27(25,26)22-11-5-3-4-6-12-22/h7,10,13,15,17H,3-6,8-9,11-12,14H2,1-2H3. The third-order valence-corrected chi connectivity index (χ3v) is 7.55. The van der Waals surface area contributed by atoms with Crippen LogP contribution in [0.4, 0.5) is 0 Å². The van der Waals surface area contributed by atoms with Crippen molar-refractivity contribution >= 4 is 27.5 Å². The number of hydrogen-bond acceptors (Lipinski definition) is 3. The van der Waals surface area contributed by atoms with Crippen LogP contribution in [0.3, 0.4) is 0 Å². The number of halogens is 1. The van der Waals surface area contributed by atoms with E-state index >= 15 is 0 Å². The molecule has 1 heterocycles. The van der Waals surface area contributed by atoms with Gasteiger partial charge >= 0.3 is 0 Å². The van der Waals surface area contributed by atoms with E-state index in [1.54, 1.807) is 12.1 Å². The molecule has 1 saturated heterocycles. The molecule has 1 aromatic rings. The normalized spacial score (nSPS) is 19.1. The summed E-state index contributed by atoms with van der Waals surface area (Å²) >= 11 is 6.25. The highest BCUT2D eigenvalue weighted by Crippen LogP contribution is 2.31. The second kappa shape index (κ2) is 8.50. The van der Waals surface area contributed by atoms with E-state index in [1.165, 1.54) is 10.4 Å². The van der Waals surface area contributed by atoms with Crippen molar-refractivity contribution in [3.8, 4) is 0 Å². The van der Waals surface area contributed by atoms with Crippen LogP contribution in [-0.2, 0) is 10.0 Å². The van der Waals surface area contributed by atoms with Crippen LogP contribution in [0.15, 0.2) is 23.1 Å². The van der Waals surface area contributed by atoms with Gasteiger partial charge in [0.05, 0.1) is 5.02 Å². The monoisotopic (exact) mass is 412 g/mol. The Morgan fingerprint density at radius 1 is 1.19 bits per heavy atom. The van der Waals surface area contributed by atoms with E-state index < -0.39 is 10.0 Å². The van der Waals surface area contributed by atoms with Gasteiger partial charge in [-0.05, 0) is 49.8 Å². The molecule has 0 unspecified atom stereocenters. The molecule has 1 saturated carbocycles. The van der Waals surface area contributed by atoms with E-state index in [0.29, 0.717) is 31.1 Å². The lowest BCUT2D eigenvalue weighted by Gasteiger charge is -2.25. The summed E-state index contributed by atoms with van der Waals surface area (Å²) in [6.45, 7) is 5.87. The molecule has 1 aliphatic heterocycles. The maximum absolute atomic E-state index is 13.1. The summed E-state index contributed by atoms with van der Waals surface area (Å²) in [5, 5.41) is 0.178. The Bertz CT molecular complexity index is 782. The molecule has 0 radical (unpaired) electrons. The summed E-state index contributed by atoms with van der Waals surface area (Å²) in [6, 6.07) is 4.93. The Balaban J connectivity index is 1.90. The lowest BCUT2D eigenvalue weighted by Crippen LogP contribution is -2.36. The van der Waals surface area contributed by atoms with Gasteiger partial charge in [0.25, 0.3) is 5.91 Å². The molecule has 0 bridgehead atoms. The smallest absolute Gasteiger partial charge is 0.254 e. The molecule has 1 amide bonds. The molecule has 0 N–H and O–H groups in total. The summed E-state index contributed by atoms with van der Waals surface area (Å²) in [7, 11) is -3.69. The Morgan fingerprint density at radius 3 is 2.37 bits per heavy atom. The second-order valence-corrected chi connectivity index (χ2v) is 10.4. The van der Waals surface area contributed by atoms with E-state index in [2.05, 4.69) is 13.8 Å². The third-order valence-electron chi connectivity index (χ3n) is 5.17. The van der Waals surface area contributed by atoms with Crippen LogP contribution in [0.25, 0.3) is 0 Å². The van der Waals surface area contributed by atoms with Crippen LogP contribution < -0.4 is 0 Å². The Kier molecular flexibility index (Phi) is 6.49.